The number of rotatable bonds is 7. The van der Waals surface area contributed by atoms with Gasteiger partial charge in [-0.3, -0.25) is 4.98 Å². The quantitative estimate of drug-likeness (QED) is 0.620. The monoisotopic (exact) mass is 191 g/mol. The molecule has 1 N–H and O–H groups in total. The zero-order valence-electron chi connectivity index (χ0n) is 8.64. The molecular formula is C8H21NO2Si. The molecule has 0 saturated carbocycles. The Hall–Kier alpha value is 0.0969. The summed E-state index contributed by atoms with van der Waals surface area (Å²) in [4.78, 5) is 3.32. The van der Waals surface area contributed by atoms with Crippen molar-refractivity contribution < 1.29 is 8.85 Å². The third-order valence-electron chi connectivity index (χ3n) is 1.97. The maximum absolute atomic E-state index is 5.44. The van der Waals surface area contributed by atoms with Crippen LogP contribution in [0.3, 0.4) is 0 Å². The summed E-state index contributed by atoms with van der Waals surface area (Å²) in [6.45, 7) is 5.17. The molecule has 4 heteroatoms. The fourth-order valence-electron chi connectivity index (χ4n) is 1.20. The Balaban J connectivity index is 3.95. The highest BCUT2D eigenvalue weighted by Gasteiger charge is 2.34. The van der Waals surface area contributed by atoms with Gasteiger partial charge < -0.3 is 8.85 Å². The molecule has 0 aromatic rings. The minimum absolute atomic E-state index is 0.914. The van der Waals surface area contributed by atoms with Crippen LogP contribution in [0.25, 0.3) is 0 Å². The Morgan fingerprint density at radius 2 is 1.75 bits per heavy atom. The lowest BCUT2D eigenvalue weighted by Crippen LogP contribution is -2.54. The maximum atomic E-state index is 5.44. The summed E-state index contributed by atoms with van der Waals surface area (Å²) < 4.78 is 10.9. The predicted molar refractivity (Wildman–Crippen MR) is 53.2 cm³/mol. The van der Waals surface area contributed by atoms with Gasteiger partial charge in [-0.25, -0.2) is 0 Å². The Morgan fingerprint density at radius 1 is 1.17 bits per heavy atom. The molecule has 0 saturated heterocycles. The molecule has 0 bridgehead atoms. The maximum Gasteiger partial charge on any atom is 0.424 e. The first-order valence-corrected chi connectivity index (χ1v) is 6.62. The minimum atomic E-state index is -2.01. The molecule has 0 aromatic heterocycles. The van der Waals surface area contributed by atoms with Crippen molar-refractivity contribution in [3.05, 3.63) is 0 Å². The average molecular weight is 191 g/mol. The Morgan fingerprint density at radius 3 is 2.08 bits per heavy atom. The van der Waals surface area contributed by atoms with E-state index in [1.165, 1.54) is 12.8 Å². The Bertz CT molecular complexity index is 107. The summed E-state index contributed by atoms with van der Waals surface area (Å²) in [5.41, 5.74) is 0. The van der Waals surface area contributed by atoms with Gasteiger partial charge in [-0.2, -0.15) is 0 Å². The smallest absolute Gasteiger partial charge is 0.386 e. The van der Waals surface area contributed by atoms with E-state index in [-0.39, 0.29) is 0 Å². The lowest BCUT2D eigenvalue weighted by Gasteiger charge is -2.27. The lowest BCUT2D eigenvalue weighted by atomic mass is 10.4. The van der Waals surface area contributed by atoms with E-state index in [0.29, 0.717) is 0 Å². The van der Waals surface area contributed by atoms with E-state index < -0.39 is 8.72 Å². The molecule has 0 radical (unpaired) electrons. The van der Waals surface area contributed by atoms with Gasteiger partial charge in [-0.05, 0) is 6.54 Å². The molecule has 3 nitrogen and oxygen atoms in total. The second-order valence-electron chi connectivity index (χ2n) is 2.80. The molecule has 0 aromatic carbocycles. The van der Waals surface area contributed by atoms with Crippen molar-refractivity contribution in [2.24, 2.45) is 0 Å². The Kier molecular flexibility index (Phi) is 6.65. The molecule has 0 unspecified atom stereocenters. The number of unbranched alkanes of at least 4 members (excludes halogenated alkanes) is 1. The minimum Gasteiger partial charge on any atom is -0.386 e. The molecule has 0 aliphatic rings. The number of hydrogen-bond donors (Lipinski definition) is 1. The molecule has 0 fully saturated rings. The van der Waals surface area contributed by atoms with E-state index in [9.17, 15) is 0 Å². The molecule has 74 valence electrons. The third kappa shape index (κ3) is 3.67. The normalized spacial score (nSPS) is 12.0. The van der Waals surface area contributed by atoms with E-state index in [1.54, 1.807) is 14.2 Å². The summed E-state index contributed by atoms with van der Waals surface area (Å²) >= 11 is 0. The highest BCUT2D eigenvalue weighted by Crippen LogP contribution is 2.11. The van der Waals surface area contributed by atoms with Crippen molar-refractivity contribution in [2.45, 2.75) is 32.7 Å². The first kappa shape index (κ1) is 12.1. The highest BCUT2D eigenvalue weighted by atomic mass is 28.4. The molecule has 0 aliphatic carbocycles. The van der Waals surface area contributed by atoms with Crippen molar-refractivity contribution in [2.75, 3.05) is 20.8 Å². The van der Waals surface area contributed by atoms with Gasteiger partial charge in [-0.15, -0.1) is 0 Å². The van der Waals surface area contributed by atoms with E-state index in [2.05, 4.69) is 18.8 Å². The van der Waals surface area contributed by atoms with Crippen molar-refractivity contribution in [3.63, 3.8) is 0 Å². The Labute approximate surface area is 76.8 Å². The van der Waals surface area contributed by atoms with Crippen LogP contribution in [0.2, 0.25) is 6.04 Å². The van der Waals surface area contributed by atoms with Crippen molar-refractivity contribution in [3.8, 4) is 0 Å². The van der Waals surface area contributed by atoms with Crippen LogP contribution in [-0.4, -0.2) is 29.5 Å². The summed E-state index contributed by atoms with van der Waals surface area (Å²) in [5, 5.41) is 0. The fourth-order valence-corrected chi connectivity index (χ4v) is 3.60. The summed E-state index contributed by atoms with van der Waals surface area (Å²) in [6, 6.07) is 1.03. The molecule has 0 amide bonds. The molecule has 12 heavy (non-hydrogen) atoms. The first-order chi connectivity index (χ1) is 5.74. The largest absolute Gasteiger partial charge is 0.424 e. The van der Waals surface area contributed by atoms with Crippen LogP contribution in [0, 0.1) is 0 Å². The standard InChI is InChI=1S/C8H21NO2Si/c1-5-7-8-12(10-3,11-4)9-6-2/h9H,5-8H2,1-4H3. The van der Waals surface area contributed by atoms with Gasteiger partial charge in [0.1, 0.15) is 0 Å². The highest BCUT2D eigenvalue weighted by molar-refractivity contribution is 6.64. The van der Waals surface area contributed by atoms with Crippen LogP contribution in [0.4, 0.5) is 0 Å². The first-order valence-electron chi connectivity index (χ1n) is 4.60. The van der Waals surface area contributed by atoms with Crippen LogP contribution < -0.4 is 4.98 Å². The summed E-state index contributed by atoms with van der Waals surface area (Å²) in [6.07, 6.45) is 2.35. The number of nitrogens with one attached hydrogen (secondary N) is 1. The van der Waals surface area contributed by atoms with E-state index in [4.69, 9.17) is 8.85 Å². The van der Waals surface area contributed by atoms with Crippen molar-refractivity contribution in [1.82, 2.24) is 4.98 Å². The topological polar surface area (TPSA) is 30.5 Å². The van der Waals surface area contributed by atoms with Gasteiger partial charge in [0.25, 0.3) is 0 Å². The van der Waals surface area contributed by atoms with Crippen molar-refractivity contribution in [1.29, 1.82) is 0 Å². The summed E-state index contributed by atoms with van der Waals surface area (Å²) in [7, 11) is 1.45. The SMILES string of the molecule is CCCC[Si](NCC)(OC)OC. The van der Waals surface area contributed by atoms with Gasteiger partial charge in [-0.1, -0.05) is 26.7 Å². The molecule has 0 spiro atoms. The zero-order valence-corrected chi connectivity index (χ0v) is 9.64. The summed E-state index contributed by atoms with van der Waals surface area (Å²) in [5.74, 6) is 0. The van der Waals surface area contributed by atoms with Crippen LogP contribution in [0.5, 0.6) is 0 Å². The third-order valence-corrected chi connectivity index (χ3v) is 5.19. The van der Waals surface area contributed by atoms with Gasteiger partial charge in [0, 0.05) is 20.3 Å². The van der Waals surface area contributed by atoms with Crippen LogP contribution in [0.15, 0.2) is 0 Å². The average Bonchev–Trinajstić information content (AvgIpc) is 2.13. The van der Waals surface area contributed by atoms with Gasteiger partial charge >= 0.3 is 8.72 Å². The van der Waals surface area contributed by atoms with Crippen LogP contribution >= 0.6 is 0 Å². The number of hydrogen-bond acceptors (Lipinski definition) is 3. The molecule has 0 atom stereocenters. The van der Waals surface area contributed by atoms with Gasteiger partial charge in [0.05, 0.1) is 0 Å². The second kappa shape index (κ2) is 6.60. The van der Waals surface area contributed by atoms with E-state index in [1.807, 2.05) is 0 Å². The molecule has 0 heterocycles. The second-order valence-corrected chi connectivity index (χ2v) is 5.97. The van der Waals surface area contributed by atoms with E-state index in [0.717, 1.165) is 12.6 Å². The fraction of sp³-hybridized carbons (Fsp3) is 1.00. The lowest BCUT2D eigenvalue weighted by molar-refractivity contribution is 0.227. The zero-order chi connectivity index (χ0) is 9.45. The van der Waals surface area contributed by atoms with Crippen molar-refractivity contribution >= 4 is 8.72 Å². The van der Waals surface area contributed by atoms with Gasteiger partial charge in [0.2, 0.25) is 0 Å². The molecular weight excluding hydrogens is 170 g/mol. The van der Waals surface area contributed by atoms with Gasteiger partial charge in [0.15, 0.2) is 0 Å². The predicted octanol–water partition coefficient (Wildman–Crippen LogP) is 1.63. The van der Waals surface area contributed by atoms with Crippen LogP contribution in [0.1, 0.15) is 26.7 Å². The van der Waals surface area contributed by atoms with Crippen LogP contribution in [-0.2, 0) is 8.85 Å². The molecule has 0 aliphatic heterocycles. The molecule has 0 rings (SSSR count). The van der Waals surface area contributed by atoms with E-state index >= 15 is 0 Å².